The first-order valence-electron chi connectivity index (χ1n) is 9.66. The third kappa shape index (κ3) is 4.92. The number of carbonyl (C=O) groups excluding carboxylic acids is 2. The molecule has 0 bridgehead atoms. The molecular formula is C20H24F3N5O2S. The average Bonchev–Trinajstić information content (AvgIpc) is 3.38. The van der Waals surface area contributed by atoms with Gasteiger partial charge in [0.05, 0.1) is 6.42 Å². The van der Waals surface area contributed by atoms with Crippen molar-refractivity contribution in [3.8, 4) is 0 Å². The van der Waals surface area contributed by atoms with Crippen molar-refractivity contribution in [2.45, 2.75) is 25.9 Å². The van der Waals surface area contributed by atoms with Crippen LogP contribution in [0.25, 0.3) is 0 Å². The summed E-state index contributed by atoms with van der Waals surface area (Å²) in [6.07, 6.45) is 0.656. The van der Waals surface area contributed by atoms with E-state index in [0.717, 1.165) is 11.0 Å². The van der Waals surface area contributed by atoms with E-state index in [1.54, 1.807) is 11.1 Å². The summed E-state index contributed by atoms with van der Waals surface area (Å²) < 4.78 is 39.1. The van der Waals surface area contributed by atoms with Crippen molar-refractivity contribution in [2.24, 2.45) is 5.41 Å². The number of allylic oxidation sites excluding steroid dienone is 4. The number of carbonyl (C=O) groups is 2. The van der Waals surface area contributed by atoms with E-state index in [1.165, 1.54) is 35.4 Å². The maximum atomic E-state index is 13.0. The van der Waals surface area contributed by atoms with Gasteiger partial charge in [-0.3, -0.25) is 10.2 Å². The average molecular weight is 456 g/mol. The van der Waals surface area contributed by atoms with Gasteiger partial charge < -0.3 is 10.2 Å². The summed E-state index contributed by atoms with van der Waals surface area (Å²) in [6, 6.07) is -0.793. The van der Waals surface area contributed by atoms with E-state index in [2.05, 4.69) is 22.2 Å². The van der Waals surface area contributed by atoms with Crippen LogP contribution in [0.3, 0.4) is 0 Å². The fourth-order valence-corrected chi connectivity index (χ4v) is 4.68. The number of anilines is 1. The second-order valence-corrected chi connectivity index (χ2v) is 8.76. The van der Waals surface area contributed by atoms with E-state index < -0.39 is 24.0 Å². The Morgan fingerprint density at radius 1 is 1.35 bits per heavy atom. The normalized spacial score (nSPS) is 23.8. The lowest BCUT2D eigenvalue weighted by Crippen LogP contribution is -2.40. The summed E-state index contributed by atoms with van der Waals surface area (Å²) in [4.78, 5) is 33.2. The largest absolute Gasteiger partial charge is 0.392 e. The summed E-state index contributed by atoms with van der Waals surface area (Å²) in [5, 5.41) is 5.66. The molecule has 1 spiro atoms. The van der Waals surface area contributed by atoms with Crippen molar-refractivity contribution in [3.63, 3.8) is 0 Å². The molecule has 0 aromatic carbocycles. The third-order valence-corrected chi connectivity index (χ3v) is 6.18. The number of alkyl halides is 3. The van der Waals surface area contributed by atoms with Crippen LogP contribution in [0.1, 0.15) is 17.7 Å². The molecule has 1 aromatic heterocycles. The van der Waals surface area contributed by atoms with Gasteiger partial charge in [0.2, 0.25) is 0 Å². The molecule has 11 heteroatoms. The van der Waals surface area contributed by atoms with E-state index in [0.29, 0.717) is 29.4 Å². The van der Waals surface area contributed by atoms with Gasteiger partial charge in [0.25, 0.3) is 0 Å². The van der Waals surface area contributed by atoms with Crippen molar-refractivity contribution in [3.05, 3.63) is 47.2 Å². The van der Waals surface area contributed by atoms with Crippen LogP contribution in [0.4, 0.5) is 27.9 Å². The lowest BCUT2D eigenvalue weighted by atomic mass is 9.80. The van der Waals surface area contributed by atoms with Gasteiger partial charge in [-0.2, -0.15) is 13.2 Å². The fourth-order valence-electron chi connectivity index (χ4n) is 4.03. The lowest BCUT2D eigenvalue weighted by molar-refractivity contribution is -0.125. The number of halogens is 3. The zero-order valence-electron chi connectivity index (χ0n) is 17.3. The Morgan fingerprint density at radius 3 is 2.68 bits per heavy atom. The molecule has 0 saturated carbocycles. The van der Waals surface area contributed by atoms with Crippen molar-refractivity contribution >= 4 is 28.5 Å². The highest BCUT2D eigenvalue weighted by atomic mass is 32.1. The Balaban J connectivity index is 1.97. The van der Waals surface area contributed by atoms with Gasteiger partial charge in [0.1, 0.15) is 0 Å². The van der Waals surface area contributed by atoms with E-state index in [9.17, 15) is 22.8 Å². The van der Waals surface area contributed by atoms with Gasteiger partial charge >= 0.3 is 18.2 Å². The number of nitrogens with one attached hydrogen (secondary N) is 2. The number of nitrogens with zero attached hydrogens (tertiary/aromatic N) is 3. The van der Waals surface area contributed by atoms with Crippen LogP contribution in [0.5, 0.6) is 0 Å². The van der Waals surface area contributed by atoms with E-state index in [1.807, 2.05) is 6.92 Å². The zero-order valence-corrected chi connectivity index (χ0v) is 18.1. The van der Waals surface area contributed by atoms with E-state index >= 15 is 0 Å². The summed E-state index contributed by atoms with van der Waals surface area (Å²) in [7, 11) is 1.50. The Labute approximate surface area is 182 Å². The maximum absolute atomic E-state index is 13.0. The van der Waals surface area contributed by atoms with Gasteiger partial charge in [-0.15, -0.1) is 11.3 Å². The minimum Gasteiger partial charge on any atom is -0.341 e. The number of hydrogen-bond donors (Lipinski definition) is 2. The molecular weight excluding hydrogens is 431 g/mol. The Bertz CT molecular complexity index is 939. The van der Waals surface area contributed by atoms with Crippen LogP contribution in [0.15, 0.2) is 42.3 Å². The highest BCUT2D eigenvalue weighted by molar-refractivity contribution is 7.15. The quantitative estimate of drug-likeness (QED) is 0.714. The molecule has 7 nitrogen and oxygen atoms in total. The summed E-state index contributed by atoms with van der Waals surface area (Å²) in [5.41, 5.74) is -0.0340. The Kier molecular flexibility index (Phi) is 6.44. The molecule has 2 aliphatic rings. The highest BCUT2D eigenvalue weighted by Crippen LogP contribution is 2.49. The second kappa shape index (κ2) is 8.74. The number of aromatic nitrogens is 1. The second-order valence-electron chi connectivity index (χ2n) is 7.52. The lowest BCUT2D eigenvalue weighted by Gasteiger charge is -2.25. The predicted molar refractivity (Wildman–Crippen MR) is 113 cm³/mol. The molecule has 4 amide bonds. The number of rotatable bonds is 3. The predicted octanol–water partition coefficient (Wildman–Crippen LogP) is 4.28. The molecule has 2 N–H and O–H groups in total. The highest BCUT2D eigenvalue weighted by Gasteiger charge is 2.52. The molecule has 0 aliphatic carbocycles. The summed E-state index contributed by atoms with van der Waals surface area (Å²) in [5.74, 6) is 0. The third-order valence-electron chi connectivity index (χ3n) is 5.35. The van der Waals surface area contributed by atoms with Gasteiger partial charge in [0.15, 0.2) is 5.13 Å². The Morgan fingerprint density at radius 2 is 2.10 bits per heavy atom. The first-order valence-corrected chi connectivity index (χ1v) is 10.5. The molecule has 2 fully saturated rings. The van der Waals surface area contributed by atoms with Crippen LogP contribution in [-0.2, 0) is 0 Å². The number of hydrogen-bond acceptors (Lipinski definition) is 4. The van der Waals surface area contributed by atoms with Gasteiger partial charge in [0, 0.05) is 48.9 Å². The molecule has 2 saturated heterocycles. The number of amides is 4. The molecule has 31 heavy (non-hydrogen) atoms. The smallest absolute Gasteiger partial charge is 0.341 e. The van der Waals surface area contributed by atoms with Crippen LogP contribution in [-0.4, -0.2) is 59.7 Å². The number of likely N-dealkylation sites (tertiary alicyclic amines) is 2. The standard InChI is InChI=1S/C20H24F3N5O2S/c1-4-5-15-14(6-7-20(21,22)23)19(8-9-27(11-19)17(29)24-3)12-28(15)18(30)26-16-25-10-13(2)31-16/h4-6,10H,1,7-9,11-12H2,2-3H3,(H,24,29)(H,25,26,30)/b14-6+,15-5?. The first-order chi connectivity index (χ1) is 14.6. The maximum Gasteiger partial charge on any atom is 0.392 e. The first kappa shape index (κ1) is 22.9. The zero-order chi connectivity index (χ0) is 22.8. The molecule has 168 valence electrons. The van der Waals surface area contributed by atoms with E-state index in [-0.39, 0.29) is 19.1 Å². The van der Waals surface area contributed by atoms with Crippen LogP contribution in [0.2, 0.25) is 0 Å². The monoisotopic (exact) mass is 455 g/mol. The topological polar surface area (TPSA) is 77.6 Å². The van der Waals surface area contributed by atoms with E-state index in [4.69, 9.17) is 0 Å². The number of thiazole rings is 1. The summed E-state index contributed by atoms with van der Waals surface area (Å²) >= 11 is 1.30. The molecule has 2 aliphatic heterocycles. The SMILES string of the molecule is C=CC=C1/C(=C\CC(F)(F)F)C2(CCN(C(=O)NC)C2)CN1C(=O)Nc1ncc(C)s1. The molecule has 1 aromatic rings. The fraction of sp³-hybridized carbons (Fsp3) is 0.450. The van der Waals surface area contributed by atoms with Gasteiger partial charge in [-0.1, -0.05) is 18.7 Å². The molecule has 3 rings (SSSR count). The van der Waals surface area contributed by atoms with Gasteiger partial charge in [-0.25, -0.2) is 14.6 Å². The Hall–Kier alpha value is -2.82. The molecule has 1 unspecified atom stereocenters. The van der Waals surface area contributed by atoms with Crippen molar-refractivity contribution in [1.82, 2.24) is 20.1 Å². The minimum atomic E-state index is -4.39. The number of urea groups is 2. The molecule has 3 heterocycles. The van der Waals surface area contributed by atoms with Crippen LogP contribution < -0.4 is 10.6 Å². The van der Waals surface area contributed by atoms with Crippen LogP contribution >= 0.6 is 11.3 Å². The van der Waals surface area contributed by atoms with Crippen molar-refractivity contribution in [2.75, 3.05) is 32.0 Å². The van der Waals surface area contributed by atoms with Crippen molar-refractivity contribution in [1.29, 1.82) is 0 Å². The van der Waals surface area contributed by atoms with Crippen LogP contribution in [0, 0.1) is 12.3 Å². The van der Waals surface area contributed by atoms with Crippen molar-refractivity contribution < 1.29 is 22.8 Å². The minimum absolute atomic E-state index is 0.153. The number of aryl methyl sites for hydroxylation is 1. The van der Waals surface area contributed by atoms with Gasteiger partial charge in [-0.05, 0) is 25.0 Å². The molecule has 1 atom stereocenters. The summed E-state index contributed by atoms with van der Waals surface area (Å²) in [6.45, 7) is 6.25. The molecule has 0 radical (unpaired) electrons.